The lowest BCUT2D eigenvalue weighted by Gasteiger charge is -2.03. The third kappa shape index (κ3) is 4.20. The number of nitrogens with zero attached hydrogens (tertiary/aromatic N) is 2. The van der Waals surface area contributed by atoms with Crippen molar-refractivity contribution >= 4 is 27.5 Å². The number of nitrogens with one attached hydrogen (secondary N) is 2. The van der Waals surface area contributed by atoms with Crippen molar-refractivity contribution in [1.29, 1.82) is 0 Å². The summed E-state index contributed by atoms with van der Waals surface area (Å²) in [6, 6.07) is 14.7. The first kappa shape index (κ1) is 16.2. The van der Waals surface area contributed by atoms with E-state index in [4.69, 9.17) is 5.73 Å². The molecule has 1 amide bonds. The van der Waals surface area contributed by atoms with Crippen LogP contribution in [0, 0.1) is 0 Å². The van der Waals surface area contributed by atoms with Gasteiger partial charge >= 0.3 is 0 Å². The maximum atomic E-state index is 12.0. The standard InChI is InChI=1S/C17H16BrN5O/c18-13-3-1-2-11(8-13)9-15-21-16(23-22-15)10-20-17(24)12-4-6-14(19)7-5-12/h1-8H,9-10,19H2,(H,20,24)(H,21,22,23). The van der Waals surface area contributed by atoms with Crippen LogP contribution in [0.15, 0.2) is 53.0 Å². The van der Waals surface area contributed by atoms with E-state index < -0.39 is 0 Å². The van der Waals surface area contributed by atoms with E-state index in [2.05, 4.69) is 36.4 Å². The van der Waals surface area contributed by atoms with Crippen molar-refractivity contribution in [3.05, 3.63) is 75.8 Å². The highest BCUT2D eigenvalue weighted by Gasteiger charge is 2.08. The number of hydrogen-bond acceptors (Lipinski definition) is 4. The molecule has 24 heavy (non-hydrogen) atoms. The zero-order valence-electron chi connectivity index (χ0n) is 12.8. The predicted octanol–water partition coefficient (Wildman–Crippen LogP) is 2.67. The topological polar surface area (TPSA) is 96.7 Å². The lowest BCUT2D eigenvalue weighted by Crippen LogP contribution is -2.23. The van der Waals surface area contributed by atoms with Crippen molar-refractivity contribution in [2.24, 2.45) is 0 Å². The van der Waals surface area contributed by atoms with Crippen LogP contribution >= 0.6 is 15.9 Å². The molecule has 0 aliphatic carbocycles. The second-order valence-corrected chi connectivity index (χ2v) is 6.23. The summed E-state index contributed by atoms with van der Waals surface area (Å²) in [4.78, 5) is 16.4. The zero-order chi connectivity index (χ0) is 16.9. The summed E-state index contributed by atoms with van der Waals surface area (Å²) in [5.41, 5.74) is 7.90. The van der Waals surface area contributed by atoms with Crippen LogP contribution in [-0.2, 0) is 13.0 Å². The smallest absolute Gasteiger partial charge is 0.251 e. The Labute approximate surface area is 147 Å². The van der Waals surface area contributed by atoms with E-state index in [1.807, 2.05) is 24.3 Å². The van der Waals surface area contributed by atoms with E-state index >= 15 is 0 Å². The van der Waals surface area contributed by atoms with Crippen molar-refractivity contribution in [2.75, 3.05) is 5.73 Å². The Hall–Kier alpha value is -2.67. The van der Waals surface area contributed by atoms with Crippen LogP contribution < -0.4 is 11.1 Å². The van der Waals surface area contributed by atoms with Crippen molar-refractivity contribution < 1.29 is 4.79 Å². The number of anilines is 1. The van der Waals surface area contributed by atoms with Crippen molar-refractivity contribution in [3.8, 4) is 0 Å². The van der Waals surface area contributed by atoms with E-state index in [0.717, 1.165) is 10.0 Å². The van der Waals surface area contributed by atoms with Gasteiger partial charge in [-0.15, -0.1) is 0 Å². The SMILES string of the molecule is Nc1ccc(C(=O)NCc2nc(Cc3cccc(Br)c3)n[nH]2)cc1. The minimum Gasteiger partial charge on any atom is -0.399 e. The van der Waals surface area contributed by atoms with Gasteiger partial charge in [-0.2, -0.15) is 5.10 Å². The Morgan fingerprint density at radius 2 is 2.00 bits per heavy atom. The maximum absolute atomic E-state index is 12.0. The number of rotatable bonds is 5. The second-order valence-electron chi connectivity index (χ2n) is 5.31. The molecular formula is C17H16BrN5O. The van der Waals surface area contributed by atoms with Gasteiger partial charge in [-0.25, -0.2) is 4.98 Å². The number of carbonyl (C=O) groups excluding carboxylic acids is 1. The molecule has 0 unspecified atom stereocenters. The minimum absolute atomic E-state index is 0.181. The van der Waals surface area contributed by atoms with Gasteiger partial charge in [0.15, 0.2) is 5.82 Å². The molecule has 0 saturated carbocycles. The lowest BCUT2D eigenvalue weighted by atomic mass is 10.1. The number of aromatic nitrogens is 3. The van der Waals surface area contributed by atoms with Gasteiger partial charge in [0, 0.05) is 22.1 Å². The maximum Gasteiger partial charge on any atom is 0.251 e. The van der Waals surface area contributed by atoms with E-state index in [9.17, 15) is 4.79 Å². The van der Waals surface area contributed by atoms with E-state index in [1.165, 1.54) is 0 Å². The Morgan fingerprint density at radius 1 is 1.21 bits per heavy atom. The molecular weight excluding hydrogens is 370 g/mol. The third-order valence-electron chi connectivity index (χ3n) is 3.42. The van der Waals surface area contributed by atoms with Gasteiger partial charge in [-0.05, 0) is 42.0 Å². The highest BCUT2D eigenvalue weighted by Crippen LogP contribution is 2.13. The molecule has 0 fully saturated rings. The molecule has 1 heterocycles. The molecule has 7 heteroatoms. The van der Waals surface area contributed by atoms with Crippen LogP contribution in [0.4, 0.5) is 5.69 Å². The summed E-state index contributed by atoms with van der Waals surface area (Å²) >= 11 is 3.44. The fourth-order valence-electron chi connectivity index (χ4n) is 2.22. The molecule has 0 spiro atoms. The van der Waals surface area contributed by atoms with Gasteiger partial charge in [0.1, 0.15) is 5.82 Å². The monoisotopic (exact) mass is 385 g/mol. The summed E-state index contributed by atoms with van der Waals surface area (Å²) in [6.07, 6.45) is 0.627. The average molecular weight is 386 g/mol. The van der Waals surface area contributed by atoms with Crippen LogP contribution in [0.2, 0.25) is 0 Å². The molecule has 0 bridgehead atoms. The fraction of sp³-hybridized carbons (Fsp3) is 0.118. The predicted molar refractivity (Wildman–Crippen MR) is 95.4 cm³/mol. The highest BCUT2D eigenvalue weighted by atomic mass is 79.9. The number of H-pyrrole nitrogens is 1. The van der Waals surface area contributed by atoms with Gasteiger partial charge in [0.2, 0.25) is 0 Å². The first-order valence-electron chi connectivity index (χ1n) is 7.38. The third-order valence-corrected chi connectivity index (χ3v) is 3.91. The highest BCUT2D eigenvalue weighted by molar-refractivity contribution is 9.10. The van der Waals surface area contributed by atoms with Gasteiger partial charge < -0.3 is 11.1 Å². The number of nitrogen functional groups attached to an aromatic ring is 1. The summed E-state index contributed by atoms with van der Waals surface area (Å²) in [5, 5.41) is 9.83. The van der Waals surface area contributed by atoms with Crippen molar-refractivity contribution in [1.82, 2.24) is 20.5 Å². The van der Waals surface area contributed by atoms with Crippen molar-refractivity contribution in [3.63, 3.8) is 0 Å². The van der Waals surface area contributed by atoms with Crippen LogP contribution in [0.5, 0.6) is 0 Å². The minimum atomic E-state index is -0.181. The molecule has 122 valence electrons. The number of aromatic amines is 1. The molecule has 0 aliphatic rings. The Bertz CT molecular complexity index is 844. The summed E-state index contributed by atoms with van der Waals surface area (Å²) < 4.78 is 1.02. The second kappa shape index (κ2) is 7.27. The number of nitrogens with two attached hydrogens (primary N) is 1. The first-order valence-corrected chi connectivity index (χ1v) is 8.18. The molecule has 0 saturated heterocycles. The van der Waals surface area contributed by atoms with Gasteiger partial charge in [-0.3, -0.25) is 9.89 Å². The largest absolute Gasteiger partial charge is 0.399 e. The van der Waals surface area contributed by atoms with E-state index in [1.54, 1.807) is 24.3 Å². The lowest BCUT2D eigenvalue weighted by molar-refractivity contribution is 0.0950. The molecule has 1 aromatic heterocycles. The fourth-order valence-corrected chi connectivity index (χ4v) is 2.67. The molecule has 2 aromatic carbocycles. The normalized spacial score (nSPS) is 10.5. The molecule has 6 nitrogen and oxygen atoms in total. The van der Waals surface area contributed by atoms with Gasteiger partial charge in [0.05, 0.1) is 6.54 Å². The molecule has 3 rings (SSSR count). The molecule has 0 aliphatic heterocycles. The number of carbonyl (C=O) groups is 1. The van der Waals surface area contributed by atoms with Crippen LogP contribution in [-0.4, -0.2) is 21.1 Å². The number of halogens is 1. The Kier molecular flexibility index (Phi) is 4.90. The zero-order valence-corrected chi connectivity index (χ0v) is 14.4. The number of amides is 1. The van der Waals surface area contributed by atoms with Crippen molar-refractivity contribution in [2.45, 2.75) is 13.0 Å². The van der Waals surface area contributed by atoms with E-state index in [0.29, 0.717) is 29.3 Å². The quantitative estimate of drug-likeness (QED) is 0.588. The molecule has 0 atom stereocenters. The Morgan fingerprint density at radius 3 is 2.75 bits per heavy atom. The van der Waals surface area contributed by atoms with Gasteiger partial charge in [0.25, 0.3) is 5.91 Å². The number of benzene rings is 2. The molecule has 3 aromatic rings. The summed E-state index contributed by atoms with van der Waals surface area (Å²) in [6.45, 7) is 0.286. The summed E-state index contributed by atoms with van der Waals surface area (Å²) in [5.74, 6) is 1.12. The Balaban J connectivity index is 1.58. The first-order chi connectivity index (χ1) is 11.6. The summed E-state index contributed by atoms with van der Waals surface area (Å²) in [7, 11) is 0. The molecule has 0 radical (unpaired) electrons. The van der Waals surface area contributed by atoms with Crippen LogP contribution in [0.3, 0.4) is 0 Å². The van der Waals surface area contributed by atoms with Gasteiger partial charge in [-0.1, -0.05) is 28.1 Å². The van der Waals surface area contributed by atoms with Crippen LogP contribution in [0.25, 0.3) is 0 Å². The number of hydrogen-bond donors (Lipinski definition) is 3. The van der Waals surface area contributed by atoms with E-state index in [-0.39, 0.29) is 12.5 Å². The molecule has 4 N–H and O–H groups in total. The average Bonchev–Trinajstić information content (AvgIpc) is 3.01. The van der Waals surface area contributed by atoms with Crippen LogP contribution in [0.1, 0.15) is 27.6 Å².